The highest BCUT2D eigenvalue weighted by Gasteiger charge is 2.29. The van der Waals surface area contributed by atoms with Crippen molar-refractivity contribution in [1.29, 1.82) is 0 Å². The molecular weight excluding hydrogens is 220 g/mol. The van der Waals surface area contributed by atoms with Crippen molar-refractivity contribution in [3.05, 3.63) is 0 Å². The van der Waals surface area contributed by atoms with Gasteiger partial charge in [-0.3, -0.25) is 9.69 Å². The van der Waals surface area contributed by atoms with Crippen molar-refractivity contribution in [1.82, 2.24) is 10.2 Å². The lowest BCUT2D eigenvalue weighted by atomic mass is 10.1. The molecule has 94 valence electrons. The maximum atomic E-state index is 11.3. The lowest BCUT2D eigenvalue weighted by Gasteiger charge is -2.31. The van der Waals surface area contributed by atoms with Crippen LogP contribution in [0.3, 0.4) is 0 Å². The van der Waals surface area contributed by atoms with Crippen LogP contribution in [0.1, 0.15) is 27.2 Å². The molecule has 0 aromatic heterocycles. The third kappa shape index (κ3) is 4.34. The van der Waals surface area contributed by atoms with Crippen molar-refractivity contribution in [3.63, 3.8) is 0 Å². The minimum atomic E-state index is 0.168. The van der Waals surface area contributed by atoms with Gasteiger partial charge in [-0.05, 0) is 45.9 Å². The van der Waals surface area contributed by atoms with Gasteiger partial charge in [-0.25, -0.2) is 0 Å². The first-order chi connectivity index (χ1) is 7.43. The van der Waals surface area contributed by atoms with Gasteiger partial charge in [0.1, 0.15) is 0 Å². The molecule has 1 aliphatic rings. The first-order valence-corrected chi connectivity index (χ1v) is 7.33. The molecule has 0 aromatic rings. The molecule has 0 radical (unpaired) electrons. The van der Waals surface area contributed by atoms with Crippen LogP contribution in [-0.4, -0.2) is 48.0 Å². The molecule has 1 saturated heterocycles. The van der Waals surface area contributed by atoms with Crippen molar-refractivity contribution in [3.8, 4) is 0 Å². The fourth-order valence-electron chi connectivity index (χ4n) is 2.05. The van der Waals surface area contributed by atoms with Gasteiger partial charge in [-0.2, -0.15) is 11.8 Å². The van der Waals surface area contributed by atoms with Crippen molar-refractivity contribution in [2.24, 2.45) is 5.92 Å². The molecule has 1 N–H and O–H groups in total. The second-order valence-corrected chi connectivity index (χ2v) is 6.37. The number of thioether (sulfide) groups is 1. The quantitative estimate of drug-likeness (QED) is 0.815. The Morgan fingerprint density at radius 2 is 2.19 bits per heavy atom. The van der Waals surface area contributed by atoms with Crippen molar-refractivity contribution in [2.45, 2.75) is 32.7 Å². The minimum absolute atomic E-state index is 0.168. The molecule has 0 aliphatic carbocycles. The average molecular weight is 244 g/mol. The largest absolute Gasteiger partial charge is 0.355 e. The molecule has 4 heteroatoms. The molecule has 1 heterocycles. The number of carbonyl (C=O) groups excluding carboxylic acids is 1. The maximum Gasteiger partial charge on any atom is 0.229 e. The molecule has 1 fully saturated rings. The van der Waals surface area contributed by atoms with E-state index in [1.807, 2.05) is 6.26 Å². The lowest BCUT2D eigenvalue weighted by Crippen LogP contribution is -2.40. The molecule has 0 aromatic carbocycles. The van der Waals surface area contributed by atoms with Crippen LogP contribution < -0.4 is 5.32 Å². The summed E-state index contributed by atoms with van der Waals surface area (Å²) >= 11 is 1.57. The second-order valence-electron chi connectivity index (χ2n) is 5.51. The topological polar surface area (TPSA) is 32.3 Å². The SMILES string of the molecule is CSCC(=O)NC[C@@H]1CCN(C(C)(C)C)C1. The lowest BCUT2D eigenvalue weighted by molar-refractivity contribution is -0.118. The Bertz CT molecular complexity index is 238. The van der Waals surface area contributed by atoms with Crippen LogP contribution in [0.25, 0.3) is 0 Å². The number of amides is 1. The zero-order valence-electron chi connectivity index (χ0n) is 10.9. The van der Waals surface area contributed by atoms with E-state index in [0.29, 0.717) is 11.7 Å². The average Bonchev–Trinajstić information content (AvgIpc) is 2.63. The molecule has 0 bridgehead atoms. The highest BCUT2D eigenvalue weighted by Crippen LogP contribution is 2.23. The predicted molar refractivity (Wildman–Crippen MR) is 70.8 cm³/mol. The highest BCUT2D eigenvalue weighted by atomic mass is 32.2. The van der Waals surface area contributed by atoms with E-state index in [2.05, 4.69) is 31.0 Å². The first-order valence-electron chi connectivity index (χ1n) is 5.94. The van der Waals surface area contributed by atoms with Gasteiger partial charge in [0.2, 0.25) is 5.91 Å². The van der Waals surface area contributed by atoms with Crippen LogP contribution in [-0.2, 0) is 4.79 Å². The fraction of sp³-hybridized carbons (Fsp3) is 0.917. The molecule has 0 saturated carbocycles. The summed E-state index contributed by atoms with van der Waals surface area (Å²) in [6, 6.07) is 0. The molecule has 1 amide bonds. The third-order valence-electron chi connectivity index (χ3n) is 3.10. The molecule has 3 nitrogen and oxygen atoms in total. The molecule has 16 heavy (non-hydrogen) atoms. The number of rotatable bonds is 4. The maximum absolute atomic E-state index is 11.3. The van der Waals surface area contributed by atoms with E-state index in [0.717, 1.165) is 19.6 Å². The zero-order valence-corrected chi connectivity index (χ0v) is 11.7. The van der Waals surface area contributed by atoms with E-state index in [4.69, 9.17) is 0 Å². The molecule has 1 atom stereocenters. The van der Waals surface area contributed by atoms with Gasteiger partial charge in [0, 0.05) is 18.6 Å². The van der Waals surface area contributed by atoms with Gasteiger partial charge < -0.3 is 5.32 Å². The zero-order chi connectivity index (χ0) is 12.2. The van der Waals surface area contributed by atoms with E-state index >= 15 is 0 Å². The number of hydrogen-bond acceptors (Lipinski definition) is 3. The Balaban J connectivity index is 2.24. The van der Waals surface area contributed by atoms with E-state index in [1.54, 1.807) is 11.8 Å². The van der Waals surface area contributed by atoms with E-state index in [-0.39, 0.29) is 11.4 Å². The summed E-state index contributed by atoms with van der Waals surface area (Å²) in [6.45, 7) is 9.87. The van der Waals surface area contributed by atoms with Crippen LogP contribution in [0.5, 0.6) is 0 Å². The Morgan fingerprint density at radius 1 is 1.50 bits per heavy atom. The third-order valence-corrected chi connectivity index (χ3v) is 3.65. The second kappa shape index (κ2) is 5.92. The summed E-state index contributed by atoms with van der Waals surface area (Å²) in [7, 11) is 0. The van der Waals surface area contributed by atoms with E-state index < -0.39 is 0 Å². The normalized spacial score (nSPS) is 22.4. The van der Waals surface area contributed by atoms with Gasteiger partial charge in [0.15, 0.2) is 0 Å². The summed E-state index contributed by atoms with van der Waals surface area (Å²) in [5.74, 6) is 1.38. The van der Waals surface area contributed by atoms with Crippen LogP contribution in [0.2, 0.25) is 0 Å². The fourth-order valence-corrected chi connectivity index (χ4v) is 2.41. The highest BCUT2D eigenvalue weighted by molar-refractivity contribution is 7.99. The summed E-state index contributed by atoms with van der Waals surface area (Å²) in [6.07, 6.45) is 3.16. The van der Waals surface area contributed by atoms with E-state index in [9.17, 15) is 4.79 Å². The Labute approximate surface area is 103 Å². The standard InChI is InChI=1S/C12H24N2OS/c1-12(2,3)14-6-5-10(8-14)7-13-11(15)9-16-4/h10H,5-9H2,1-4H3,(H,13,15)/t10-/m0/s1. The summed E-state index contributed by atoms with van der Waals surface area (Å²) < 4.78 is 0. The number of carbonyl (C=O) groups is 1. The summed E-state index contributed by atoms with van der Waals surface area (Å²) in [5, 5.41) is 3.01. The Hall–Kier alpha value is -0.220. The van der Waals surface area contributed by atoms with Crippen molar-refractivity contribution < 1.29 is 4.79 Å². The van der Waals surface area contributed by atoms with E-state index in [1.165, 1.54) is 6.42 Å². The van der Waals surface area contributed by atoms with Gasteiger partial charge in [0.25, 0.3) is 0 Å². The van der Waals surface area contributed by atoms with Gasteiger partial charge >= 0.3 is 0 Å². The molecule has 0 unspecified atom stereocenters. The van der Waals surface area contributed by atoms with Crippen LogP contribution in [0, 0.1) is 5.92 Å². The van der Waals surface area contributed by atoms with Crippen molar-refractivity contribution >= 4 is 17.7 Å². The smallest absolute Gasteiger partial charge is 0.229 e. The molecule has 1 aliphatic heterocycles. The van der Waals surface area contributed by atoms with Gasteiger partial charge in [0.05, 0.1) is 5.75 Å². The number of hydrogen-bond donors (Lipinski definition) is 1. The monoisotopic (exact) mass is 244 g/mol. The number of nitrogens with zero attached hydrogens (tertiary/aromatic N) is 1. The van der Waals surface area contributed by atoms with Crippen LogP contribution in [0.4, 0.5) is 0 Å². The summed E-state index contributed by atoms with van der Waals surface area (Å²) in [5.41, 5.74) is 0.262. The first kappa shape index (κ1) is 13.8. The Morgan fingerprint density at radius 3 is 2.69 bits per heavy atom. The van der Waals surface area contributed by atoms with Crippen LogP contribution in [0.15, 0.2) is 0 Å². The molecule has 0 spiro atoms. The predicted octanol–water partition coefficient (Wildman–Crippen LogP) is 1.59. The van der Waals surface area contributed by atoms with Gasteiger partial charge in [-0.1, -0.05) is 0 Å². The number of likely N-dealkylation sites (tertiary alicyclic amines) is 1. The minimum Gasteiger partial charge on any atom is -0.355 e. The molecular formula is C12H24N2OS. The summed E-state index contributed by atoms with van der Waals surface area (Å²) in [4.78, 5) is 13.8. The van der Waals surface area contributed by atoms with Gasteiger partial charge in [-0.15, -0.1) is 0 Å². The Kier molecular flexibility index (Phi) is 5.12. The van der Waals surface area contributed by atoms with Crippen molar-refractivity contribution in [2.75, 3.05) is 31.6 Å². The van der Waals surface area contributed by atoms with Crippen LogP contribution >= 0.6 is 11.8 Å². The number of nitrogens with one attached hydrogen (secondary N) is 1. The molecule has 1 rings (SSSR count).